The van der Waals surface area contributed by atoms with E-state index >= 15 is 0 Å². The van der Waals surface area contributed by atoms with E-state index in [1.807, 2.05) is 50.2 Å². The van der Waals surface area contributed by atoms with Gasteiger partial charge in [0, 0.05) is 17.4 Å². The molecule has 0 radical (unpaired) electrons. The second-order valence-corrected chi connectivity index (χ2v) is 8.56. The number of thiophene rings is 1. The van der Waals surface area contributed by atoms with Crippen molar-refractivity contribution < 1.29 is 9.53 Å². The van der Waals surface area contributed by atoms with Gasteiger partial charge in [0.1, 0.15) is 0 Å². The molecule has 8 heteroatoms. The number of nitrogens with zero attached hydrogens (tertiary/aromatic N) is 4. The van der Waals surface area contributed by atoms with Crippen molar-refractivity contribution in [3.8, 4) is 17.1 Å². The number of anilines is 1. The molecule has 0 saturated heterocycles. The molecule has 0 fully saturated rings. The molecule has 1 aromatic carbocycles. The van der Waals surface area contributed by atoms with Crippen LogP contribution in [-0.4, -0.2) is 26.8 Å². The van der Waals surface area contributed by atoms with Crippen LogP contribution in [0.15, 0.2) is 41.6 Å². The third kappa shape index (κ3) is 3.30. The Morgan fingerprint density at radius 3 is 2.78 bits per heavy atom. The normalized spacial score (nSPS) is 15.5. The minimum atomic E-state index is -0.597. The lowest BCUT2D eigenvalue weighted by Gasteiger charge is -2.28. The Bertz CT molecular complexity index is 1000. The molecule has 1 aliphatic heterocycles. The van der Waals surface area contributed by atoms with E-state index < -0.39 is 6.23 Å². The topological polar surface area (TPSA) is 68.2 Å². The Kier molecular flexibility index (Phi) is 4.84. The number of amides is 1. The maximum atomic E-state index is 12.6. The van der Waals surface area contributed by atoms with Gasteiger partial charge in [-0.3, -0.25) is 9.69 Å². The van der Waals surface area contributed by atoms with E-state index in [-0.39, 0.29) is 5.91 Å². The summed E-state index contributed by atoms with van der Waals surface area (Å²) in [7, 11) is 0. The highest BCUT2D eigenvalue weighted by Crippen LogP contribution is 2.44. The van der Waals surface area contributed by atoms with Gasteiger partial charge in [-0.15, -0.1) is 21.5 Å². The smallest absolute Gasteiger partial charge is 0.247 e. The van der Waals surface area contributed by atoms with Crippen LogP contribution in [0, 0.1) is 6.92 Å². The van der Waals surface area contributed by atoms with Crippen molar-refractivity contribution in [2.45, 2.75) is 32.2 Å². The number of aryl methyl sites for hydroxylation is 1. The van der Waals surface area contributed by atoms with Gasteiger partial charge in [0.05, 0.1) is 10.6 Å². The van der Waals surface area contributed by atoms with Crippen molar-refractivity contribution in [3.05, 3.63) is 46.2 Å². The molecule has 3 heterocycles. The molecule has 0 unspecified atom stereocenters. The molecule has 2 aromatic heterocycles. The summed E-state index contributed by atoms with van der Waals surface area (Å²) in [5.41, 5.74) is 2.08. The molecule has 1 aliphatic rings. The number of ether oxygens (including phenoxy) is 1. The van der Waals surface area contributed by atoms with Crippen LogP contribution in [0.25, 0.3) is 11.3 Å². The zero-order valence-corrected chi connectivity index (χ0v) is 16.8. The van der Waals surface area contributed by atoms with Gasteiger partial charge in [0.15, 0.2) is 5.69 Å². The minimum Gasteiger partial charge on any atom is -0.446 e. The van der Waals surface area contributed by atoms with Crippen molar-refractivity contribution in [2.75, 3.05) is 10.7 Å². The van der Waals surface area contributed by atoms with E-state index in [9.17, 15) is 4.79 Å². The van der Waals surface area contributed by atoms with Crippen molar-refractivity contribution in [1.82, 2.24) is 15.2 Å². The fourth-order valence-corrected chi connectivity index (χ4v) is 4.42. The third-order valence-corrected chi connectivity index (χ3v) is 5.88. The van der Waals surface area contributed by atoms with Gasteiger partial charge in [-0.05, 0) is 30.9 Å². The summed E-state index contributed by atoms with van der Waals surface area (Å²) in [5.74, 6) is 1.13. The number of benzene rings is 1. The average Bonchev–Trinajstić information content (AvgIpc) is 3.02. The Hall–Kier alpha value is -2.45. The molecule has 1 atom stereocenters. The van der Waals surface area contributed by atoms with Crippen LogP contribution in [0.2, 0.25) is 0 Å². The Morgan fingerprint density at radius 2 is 2.07 bits per heavy atom. The summed E-state index contributed by atoms with van der Waals surface area (Å²) in [6, 6.07) is 11.6. The second kappa shape index (κ2) is 7.28. The average molecular weight is 399 g/mol. The zero-order chi connectivity index (χ0) is 19.0. The quantitative estimate of drug-likeness (QED) is 0.607. The number of rotatable bonds is 3. The molecule has 0 saturated carbocycles. The van der Waals surface area contributed by atoms with E-state index in [4.69, 9.17) is 4.74 Å². The molecule has 0 aliphatic carbocycles. The van der Waals surface area contributed by atoms with Crippen LogP contribution in [0.5, 0.6) is 5.88 Å². The number of para-hydroxylation sites is 1. The summed E-state index contributed by atoms with van der Waals surface area (Å²) < 4.78 is 6.29. The molecule has 0 spiro atoms. The van der Waals surface area contributed by atoms with E-state index in [2.05, 4.69) is 15.2 Å². The number of fused-ring (bicyclic) bond motifs is 3. The number of carbonyl (C=O) groups is 1. The molecule has 4 rings (SSSR count). The Balaban J connectivity index is 1.94. The first kappa shape index (κ1) is 17.9. The fraction of sp³-hybridized carbons (Fsp3) is 0.263. The van der Waals surface area contributed by atoms with Crippen molar-refractivity contribution in [2.24, 2.45) is 0 Å². The molecule has 27 heavy (non-hydrogen) atoms. The van der Waals surface area contributed by atoms with Crippen LogP contribution in [0.4, 0.5) is 5.69 Å². The molecule has 6 nitrogen and oxygen atoms in total. The summed E-state index contributed by atoms with van der Waals surface area (Å²) in [5, 5.41) is 9.15. The standard InChI is InChI=1S/C19H18N4O2S2/c1-4-26-19-20-17-16(21-22-19)13-7-5-6-8-14(13)23(12(3)24)18(25-17)15-10-9-11(2)27-15/h5-10,18H,4H2,1-3H3/t18-/m1/s1. The maximum absolute atomic E-state index is 12.6. The van der Waals surface area contributed by atoms with Crippen LogP contribution in [-0.2, 0) is 4.79 Å². The van der Waals surface area contributed by atoms with Gasteiger partial charge in [-0.2, -0.15) is 4.98 Å². The highest BCUT2D eigenvalue weighted by molar-refractivity contribution is 7.99. The zero-order valence-electron chi connectivity index (χ0n) is 15.2. The minimum absolute atomic E-state index is 0.109. The van der Waals surface area contributed by atoms with Gasteiger partial charge in [0.25, 0.3) is 0 Å². The van der Waals surface area contributed by atoms with Gasteiger partial charge in [-0.25, -0.2) is 0 Å². The summed E-state index contributed by atoms with van der Waals surface area (Å²) >= 11 is 3.10. The highest BCUT2D eigenvalue weighted by atomic mass is 32.2. The van der Waals surface area contributed by atoms with Gasteiger partial charge < -0.3 is 4.74 Å². The SMILES string of the molecule is CCSc1nnc2c(n1)O[C@H](c1ccc(C)s1)N(C(C)=O)c1ccccc1-2. The molecular weight excluding hydrogens is 380 g/mol. The molecule has 0 bridgehead atoms. The Labute approximate surface area is 165 Å². The number of hydrogen-bond donors (Lipinski definition) is 0. The van der Waals surface area contributed by atoms with E-state index in [1.165, 1.54) is 11.8 Å². The monoisotopic (exact) mass is 398 g/mol. The highest BCUT2D eigenvalue weighted by Gasteiger charge is 2.35. The largest absolute Gasteiger partial charge is 0.446 e. The van der Waals surface area contributed by atoms with Crippen LogP contribution < -0.4 is 9.64 Å². The number of carbonyl (C=O) groups excluding carboxylic acids is 1. The fourth-order valence-electron chi connectivity index (χ4n) is 3.01. The molecule has 1 amide bonds. The number of hydrogen-bond acceptors (Lipinski definition) is 7. The lowest BCUT2D eigenvalue weighted by atomic mass is 10.1. The third-order valence-electron chi connectivity index (χ3n) is 4.13. The Morgan fingerprint density at radius 1 is 1.26 bits per heavy atom. The van der Waals surface area contributed by atoms with E-state index in [0.717, 1.165) is 26.8 Å². The first-order valence-corrected chi connectivity index (χ1v) is 10.4. The van der Waals surface area contributed by atoms with Gasteiger partial charge in [-0.1, -0.05) is 36.9 Å². The predicted octanol–water partition coefficient (Wildman–Crippen LogP) is 4.46. The lowest BCUT2D eigenvalue weighted by molar-refractivity contribution is -0.118. The van der Waals surface area contributed by atoms with Gasteiger partial charge in [0.2, 0.25) is 23.2 Å². The van der Waals surface area contributed by atoms with Crippen molar-refractivity contribution in [1.29, 1.82) is 0 Å². The second-order valence-electron chi connectivity index (χ2n) is 6.01. The van der Waals surface area contributed by atoms with Crippen molar-refractivity contribution >= 4 is 34.7 Å². The first-order chi connectivity index (χ1) is 13.1. The van der Waals surface area contributed by atoms with E-state index in [1.54, 1.807) is 23.2 Å². The summed E-state index contributed by atoms with van der Waals surface area (Å²) in [6.07, 6.45) is -0.597. The first-order valence-electron chi connectivity index (χ1n) is 8.58. The predicted molar refractivity (Wildman–Crippen MR) is 107 cm³/mol. The molecule has 138 valence electrons. The van der Waals surface area contributed by atoms with Crippen LogP contribution in [0.3, 0.4) is 0 Å². The number of thioether (sulfide) groups is 1. The van der Waals surface area contributed by atoms with Crippen LogP contribution in [0.1, 0.15) is 29.8 Å². The molecule has 3 aromatic rings. The maximum Gasteiger partial charge on any atom is 0.247 e. The number of aromatic nitrogens is 3. The van der Waals surface area contributed by atoms with E-state index in [0.29, 0.717) is 16.7 Å². The van der Waals surface area contributed by atoms with Crippen molar-refractivity contribution in [3.63, 3.8) is 0 Å². The van der Waals surface area contributed by atoms with Gasteiger partial charge >= 0.3 is 0 Å². The summed E-state index contributed by atoms with van der Waals surface area (Å²) in [6.45, 7) is 5.61. The summed E-state index contributed by atoms with van der Waals surface area (Å²) in [4.78, 5) is 20.9. The van der Waals surface area contributed by atoms with Crippen LogP contribution >= 0.6 is 23.1 Å². The molecule has 0 N–H and O–H groups in total. The lowest BCUT2D eigenvalue weighted by Crippen LogP contribution is -2.35. The molecular formula is C19H18N4O2S2.